The van der Waals surface area contributed by atoms with Crippen LogP contribution in [0, 0.1) is 0 Å². The first-order valence-electron chi connectivity index (χ1n) is 5.08. The third-order valence-corrected chi connectivity index (χ3v) is 3.43. The highest BCUT2D eigenvalue weighted by atomic mass is 32.2. The van der Waals surface area contributed by atoms with Gasteiger partial charge in [-0.2, -0.15) is 0 Å². The highest BCUT2D eigenvalue weighted by Gasteiger charge is 2.11. The number of aliphatic hydroxyl groups is 1. The molecule has 3 N–H and O–H groups in total. The molecule has 1 aromatic rings. The van der Waals surface area contributed by atoms with Crippen LogP contribution < -0.4 is 10.0 Å². The van der Waals surface area contributed by atoms with Crippen LogP contribution in [0.1, 0.15) is 0 Å². The van der Waals surface area contributed by atoms with Crippen LogP contribution in [0.2, 0.25) is 0 Å². The molecule has 0 radical (unpaired) electrons. The van der Waals surface area contributed by atoms with Gasteiger partial charge in [-0.05, 0) is 31.3 Å². The maximum absolute atomic E-state index is 11.4. The SMILES string of the molecule is CNS(=O)(=O)c1ccc(NC(=O)OCCO)cc1. The summed E-state index contributed by atoms with van der Waals surface area (Å²) in [5.74, 6) is 0. The van der Waals surface area contributed by atoms with Crippen LogP contribution in [0.4, 0.5) is 10.5 Å². The summed E-state index contributed by atoms with van der Waals surface area (Å²) in [6, 6.07) is 5.58. The zero-order chi connectivity index (χ0) is 13.6. The number of amides is 1. The summed E-state index contributed by atoms with van der Waals surface area (Å²) in [6.07, 6.45) is -0.715. The fourth-order valence-corrected chi connectivity index (χ4v) is 1.86. The molecule has 18 heavy (non-hydrogen) atoms. The lowest BCUT2D eigenvalue weighted by Gasteiger charge is -2.07. The average Bonchev–Trinajstić information content (AvgIpc) is 2.37. The Bertz CT molecular complexity index is 498. The first kappa shape index (κ1) is 14.4. The Labute approximate surface area is 105 Å². The normalized spacial score (nSPS) is 11.0. The molecule has 0 saturated carbocycles. The molecule has 1 aromatic carbocycles. The van der Waals surface area contributed by atoms with Crippen molar-refractivity contribution in [2.75, 3.05) is 25.6 Å². The van der Waals surface area contributed by atoms with Gasteiger partial charge in [-0.1, -0.05) is 0 Å². The lowest BCUT2D eigenvalue weighted by Crippen LogP contribution is -2.19. The Morgan fingerprint density at radius 2 is 1.94 bits per heavy atom. The van der Waals surface area contributed by atoms with Crippen molar-refractivity contribution in [1.82, 2.24) is 4.72 Å². The summed E-state index contributed by atoms with van der Waals surface area (Å²) in [5, 5.41) is 10.8. The zero-order valence-electron chi connectivity index (χ0n) is 9.71. The van der Waals surface area contributed by atoms with Gasteiger partial charge in [-0.25, -0.2) is 17.9 Å². The number of carbonyl (C=O) groups excluding carboxylic acids is 1. The molecule has 0 fully saturated rings. The Hall–Kier alpha value is -1.64. The second-order valence-corrected chi connectivity index (χ2v) is 5.10. The van der Waals surface area contributed by atoms with E-state index in [2.05, 4.69) is 14.8 Å². The molecule has 0 unspecified atom stereocenters. The number of hydrogen-bond acceptors (Lipinski definition) is 5. The van der Waals surface area contributed by atoms with Crippen LogP contribution in [0.25, 0.3) is 0 Å². The van der Waals surface area contributed by atoms with Crippen molar-refractivity contribution in [2.24, 2.45) is 0 Å². The van der Waals surface area contributed by atoms with Crippen molar-refractivity contribution in [2.45, 2.75) is 4.90 Å². The molecular formula is C10H14N2O5S. The highest BCUT2D eigenvalue weighted by Crippen LogP contribution is 2.13. The summed E-state index contributed by atoms with van der Waals surface area (Å²) in [7, 11) is -2.17. The topological polar surface area (TPSA) is 105 Å². The Morgan fingerprint density at radius 3 is 2.44 bits per heavy atom. The van der Waals surface area contributed by atoms with Gasteiger partial charge < -0.3 is 9.84 Å². The number of nitrogens with one attached hydrogen (secondary N) is 2. The van der Waals surface area contributed by atoms with Gasteiger partial charge in [0.15, 0.2) is 0 Å². The van der Waals surface area contributed by atoms with Crippen molar-refractivity contribution >= 4 is 21.8 Å². The van der Waals surface area contributed by atoms with Crippen LogP contribution in [0.5, 0.6) is 0 Å². The number of aliphatic hydroxyl groups excluding tert-OH is 1. The van der Waals surface area contributed by atoms with Gasteiger partial charge in [0.25, 0.3) is 0 Å². The van der Waals surface area contributed by atoms with Gasteiger partial charge in [0.1, 0.15) is 6.61 Å². The first-order chi connectivity index (χ1) is 8.49. The quantitative estimate of drug-likeness (QED) is 0.708. The summed E-state index contributed by atoms with van der Waals surface area (Å²) in [4.78, 5) is 11.2. The van der Waals surface area contributed by atoms with E-state index in [-0.39, 0.29) is 18.1 Å². The average molecular weight is 274 g/mol. The standard InChI is InChI=1S/C10H14N2O5S/c1-11-18(15,16)9-4-2-8(3-5-9)12-10(14)17-7-6-13/h2-5,11,13H,6-7H2,1H3,(H,12,14). The maximum atomic E-state index is 11.4. The molecule has 7 nitrogen and oxygen atoms in total. The summed E-state index contributed by atoms with van der Waals surface area (Å²) in [6.45, 7) is -0.356. The van der Waals surface area contributed by atoms with E-state index in [1.165, 1.54) is 31.3 Å². The van der Waals surface area contributed by atoms with Crippen molar-refractivity contribution in [3.8, 4) is 0 Å². The summed E-state index contributed by atoms with van der Waals surface area (Å²) >= 11 is 0. The molecule has 0 aromatic heterocycles. The first-order valence-corrected chi connectivity index (χ1v) is 6.56. The number of hydrogen-bond donors (Lipinski definition) is 3. The van der Waals surface area contributed by atoms with Gasteiger partial charge in [-0.15, -0.1) is 0 Å². The van der Waals surface area contributed by atoms with Crippen LogP contribution in [0.3, 0.4) is 0 Å². The maximum Gasteiger partial charge on any atom is 0.411 e. The lowest BCUT2D eigenvalue weighted by atomic mass is 10.3. The van der Waals surface area contributed by atoms with Crippen LogP contribution >= 0.6 is 0 Å². The number of ether oxygens (including phenoxy) is 1. The summed E-state index contributed by atoms with van der Waals surface area (Å²) in [5.41, 5.74) is 0.396. The van der Waals surface area contributed by atoms with E-state index in [1.54, 1.807) is 0 Å². The number of rotatable bonds is 5. The molecule has 100 valence electrons. The number of anilines is 1. The zero-order valence-corrected chi connectivity index (χ0v) is 10.5. The van der Waals surface area contributed by atoms with Gasteiger partial charge in [0.05, 0.1) is 11.5 Å². The van der Waals surface area contributed by atoms with Crippen molar-refractivity contribution in [3.05, 3.63) is 24.3 Å². The molecule has 0 aliphatic heterocycles. The Balaban J connectivity index is 2.69. The van der Waals surface area contributed by atoms with E-state index in [9.17, 15) is 13.2 Å². The molecule has 0 aliphatic carbocycles. The molecule has 0 aliphatic rings. The molecule has 0 atom stereocenters. The van der Waals surface area contributed by atoms with E-state index in [0.29, 0.717) is 5.69 Å². The number of sulfonamides is 1. The highest BCUT2D eigenvalue weighted by molar-refractivity contribution is 7.89. The Morgan fingerprint density at radius 1 is 1.33 bits per heavy atom. The van der Waals surface area contributed by atoms with Crippen LogP contribution in [-0.2, 0) is 14.8 Å². The van der Waals surface area contributed by atoms with Gasteiger partial charge in [0.2, 0.25) is 10.0 Å². The number of benzene rings is 1. The fraction of sp³-hybridized carbons (Fsp3) is 0.300. The lowest BCUT2D eigenvalue weighted by molar-refractivity contribution is 0.131. The van der Waals surface area contributed by atoms with Crippen LogP contribution in [-0.4, -0.2) is 39.9 Å². The summed E-state index contributed by atoms with van der Waals surface area (Å²) < 4.78 is 29.6. The second kappa shape index (κ2) is 6.34. The van der Waals surface area contributed by atoms with Crippen LogP contribution in [0.15, 0.2) is 29.2 Å². The predicted molar refractivity (Wildman–Crippen MR) is 64.7 cm³/mol. The van der Waals surface area contributed by atoms with E-state index in [0.717, 1.165) is 0 Å². The minimum atomic E-state index is -3.48. The molecule has 0 heterocycles. The van der Waals surface area contributed by atoms with E-state index in [1.807, 2.05) is 0 Å². The van der Waals surface area contributed by atoms with Gasteiger partial charge in [-0.3, -0.25) is 5.32 Å². The molecule has 8 heteroatoms. The largest absolute Gasteiger partial charge is 0.447 e. The van der Waals surface area contributed by atoms with E-state index in [4.69, 9.17) is 5.11 Å². The Kier molecular flexibility index (Phi) is 5.08. The monoisotopic (exact) mass is 274 g/mol. The second-order valence-electron chi connectivity index (χ2n) is 3.22. The van der Waals surface area contributed by atoms with Crippen molar-refractivity contribution in [3.63, 3.8) is 0 Å². The van der Waals surface area contributed by atoms with E-state index < -0.39 is 16.1 Å². The van der Waals surface area contributed by atoms with Gasteiger partial charge >= 0.3 is 6.09 Å². The number of carbonyl (C=O) groups is 1. The molecule has 1 amide bonds. The molecular weight excluding hydrogens is 260 g/mol. The smallest absolute Gasteiger partial charge is 0.411 e. The van der Waals surface area contributed by atoms with Crippen molar-refractivity contribution in [1.29, 1.82) is 0 Å². The van der Waals surface area contributed by atoms with E-state index >= 15 is 0 Å². The third-order valence-electron chi connectivity index (χ3n) is 2.00. The molecule has 0 saturated heterocycles. The molecule has 1 rings (SSSR count). The van der Waals surface area contributed by atoms with Crippen molar-refractivity contribution < 1.29 is 23.1 Å². The third kappa shape index (κ3) is 3.99. The minimum absolute atomic E-state index is 0.0966. The molecule has 0 spiro atoms. The predicted octanol–water partition coefficient (Wildman–Crippen LogP) is 0.135. The van der Waals surface area contributed by atoms with Gasteiger partial charge in [0, 0.05) is 5.69 Å². The molecule has 0 bridgehead atoms. The fourth-order valence-electron chi connectivity index (χ4n) is 1.13. The minimum Gasteiger partial charge on any atom is -0.447 e.